The van der Waals surface area contributed by atoms with Gasteiger partial charge in [0.25, 0.3) is 5.91 Å². The summed E-state index contributed by atoms with van der Waals surface area (Å²) in [6.07, 6.45) is 11.8. The first-order chi connectivity index (χ1) is 20.6. The minimum atomic E-state index is -0.224. The molecule has 8 nitrogen and oxygen atoms in total. The average molecular weight is 568 g/mol. The second kappa shape index (κ2) is 13.0. The number of aromatic nitrogens is 2. The Balaban J connectivity index is 1.29. The summed E-state index contributed by atoms with van der Waals surface area (Å²) in [5, 5.41) is 13.0. The number of carbonyl (C=O) groups is 1. The molecular weight excluding hydrogens is 526 g/mol. The van der Waals surface area contributed by atoms with Crippen LogP contribution in [0.15, 0.2) is 60.6 Å². The summed E-state index contributed by atoms with van der Waals surface area (Å²) in [4.78, 5) is 27.7. The number of pyridine rings is 2. The summed E-state index contributed by atoms with van der Waals surface area (Å²) in [5.74, 6) is 0.796. The zero-order chi connectivity index (χ0) is 28.9. The number of ether oxygens (including phenoxy) is 1. The van der Waals surface area contributed by atoms with Gasteiger partial charge in [0.2, 0.25) is 0 Å². The number of aliphatic hydroxyl groups is 1. The van der Waals surface area contributed by atoms with Crippen LogP contribution in [0.3, 0.4) is 0 Å². The number of allylic oxidation sites excluding steroid dienone is 1. The SMILES string of the molecule is CCC1=C(C(=O)Nc2ccc(N3CCC(O)CC3)nc2)c2cc(-c3cncc(N4CCOCC4)c3)ccc2CCCC1. The second-order valence-corrected chi connectivity index (χ2v) is 11.5. The molecule has 0 spiro atoms. The van der Waals surface area contributed by atoms with E-state index in [9.17, 15) is 9.90 Å². The monoisotopic (exact) mass is 567 g/mol. The smallest absolute Gasteiger partial charge is 0.256 e. The van der Waals surface area contributed by atoms with Crippen molar-refractivity contribution >= 4 is 28.7 Å². The molecule has 0 unspecified atom stereocenters. The van der Waals surface area contributed by atoms with E-state index < -0.39 is 0 Å². The molecule has 2 saturated heterocycles. The van der Waals surface area contributed by atoms with Gasteiger partial charge in [0, 0.05) is 43.5 Å². The Morgan fingerprint density at radius 3 is 2.52 bits per heavy atom. The first-order valence-electron chi connectivity index (χ1n) is 15.4. The Morgan fingerprint density at radius 2 is 1.76 bits per heavy atom. The Bertz CT molecular complexity index is 1420. The van der Waals surface area contributed by atoms with Gasteiger partial charge in [-0.15, -0.1) is 0 Å². The molecule has 42 heavy (non-hydrogen) atoms. The first-order valence-corrected chi connectivity index (χ1v) is 15.4. The number of hydrogen-bond donors (Lipinski definition) is 2. The maximum absolute atomic E-state index is 14.0. The maximum atomic E-state index is 14.0. The molecule has 3 aromatic rings. The van der Waals surface area contributed by atoms with Crippen LogP contribution in [0.2, 0.25) is 0 Å². The number of amides is 1. The van der Waals surface area contributed by atoms with Crippen molar-refractivity contribution in [2.45, 2.75) is 58.0 Å². The topological polar surface area (TPSA) is 90.8 Å². The van der Waals surface area contributed by atoms with Gasteiger partial charge in [-0.1, -0.05) is 24.6 Å². The van der Waals surface area contributed by atoms with Crippen LogP contribution in [0.1, 0.15) is 56.6 Å². The Morgan fingerprint density at radius 1 is 0.952 bits per heavy atom. The molecule has 2 fully saturated rings. The van der Waals surface area contributed by atoms with E-state index in [1.807, 2.05) is 24.5 Å². The largest absolute Gasteiger partial charge is 0.393 e. The summed E-state index contributed by atoms with van der Waals surface area (Å²) < 4.78 is 5.54. The quantitative estimate of drug-likeness (QED) is 0.408. The summed E-state index contributed by atoms with van der Waals surface area (Å²) in [6.45, 7) is 6.90. The molecular formula is C34H41N5O3. The molecule has 8 heteroatoms. The third-order valence-electron chi connectivity index (χ3n) is 8.79. The van der Waals surface area contributed by atoms with Crippen LogP contribution in [0.4, 0.5) is 17.2 Å². The number of carbonyl (C=O) groups excluding carboxylic acids is 1. The number of aliphatic hydroxyl groups excluding tert-OH is 1. The van der Waals surface area contributed by atoms with Gasteiger partial charge < -0.3 is 25.0 Å². The van der Waals surface area contributed by atoms with Crippen LogP contribution in [0, 0.1) is 0 Å². The standard InChI is InChI=1S/C34H41N5O3/c1-2-24-5-3-4-6-25-7-8-26(27-19-29(23-35-21-27)38-15-17-42-18-16-38)20-31(25)33(24)34(41)37-28-9-10-32(36-22-28)39-13-11-30(40)12-14-39/h7-10,19-23,30,40H,2-6,11-18H2,1H3,(H,37,41). The number of aryl methyl sites for hydroxylation is 1. The lowest BCUT2D eigenvalue weighted by atomic mass is 9.85. The fraction of sp³-hybridized carbons (Fsp3) is 0.441. The van der Waals surface area contributed by atoms with Crippen LogP contribution in [0.25, 0.3) is 16.7 Å². The van der Waals surface area contributed by atoms with Crippen LogP contribution in [-0.4, -0.2) is 66.5 Å². The van der Waals surface area contributed by atoms with E-state index in [0.29, 0.717) is 5.69 Å². The van der Waals surface area contributed by atoms with Crippen molar-refractivity contribution in [1.29, 1.82) is 0 Å². The van der Waals surface area contributed by atoms with E-state index >= 15 is 0 Å². The molecule has 1 aliphatic carbocycles. The van der Waals surface area contributed by atoms with E-state index in [0.717, 1.165) is 118 Å². The fourth-order valence-electron chi connectivity index (χ4n) is 6.33. The Hall–Kier alpha value is -3.75. The van der Waals surface area contributed by atoms with Crippen LogP contribution in [-0.2, 0) is 16.0 Å². The highest BCUT2D eigenvalue weighted by Gasteiger charge is 2.23. The van der Waals surface area contributed by atoms with Crippen molar-refractivity contribution in [3.8, 4) is 11.1 Å². The highest BCUT2D eigenvalue weighted by Crippen LogP contribution is 2.35. The van der Waals surface area contributed by atoms with Gasteiger partial charge in [-0.3, -0.25) is 9.78 Å². The van der Waals surface area contributed by atoms with Crippen molar-refractivity contribution in [2.24, 2.45) is 0 Å². The molecule has 3 aliphatic rings. The van der Waals surface area contributed by atoms with E-state index in [-0.39, 0.29) is 12.0 Å². The third-order valence-corrected chi connectivity index (χ3v) is 8.79. The van der Waals surface area contributed by atoms with Crippen molar-refractivity contribution in [3.63, 3.8) is 0 Å². The van der Waals surface area contributed by atoms with Gasteiger partial charge in [0.15, 0.2) is 0 Å². The van der Waals surface area contributed by atoms with E-state index in [1.165, 1.54) is 11.1 Å². The lowest BCUT2D eigenvalue weighted by molar-refractivity contribution is -0.111. The summed E-state index contributed by atoms with van der Waals surface area (Å²) in [7, 11) is 0. The summed E-state index contributed by atoms with van der Waals surface area (Å²) in [6, 6.07) is 12.6. The Kier molecular flexibility index (Phi) is 8.81. The van der Waals surface area contributed by atoms with Crippen LogP contribution >= 0.6 is 0 Å². The molecule has 1 aromatic carbocycles. The molecule has 4 heterocycles. The lowest BCUT2D eigenvalue weighted by Crippen LogP contribution is -2.36. The van der Waals surface area contributed by atoms with Crippen molar-refractivity contribution < 1.29 is 14.6 Å². The van der Waals surface area contributed by atoms with Gasteiger partial charge in [-0.2, -0.15) is 0 Å². The molecule has 0 bridgehead atoms. The number of morpholine rings is 1. The third kappa shape index (κ3) is 6.35. The van der Waals surface area contributed by atoms with E-state index in [2.05, 4.69) is 56.3 Å². The normalized spacial score (nSPS) is 18.3. The van der Waals surface area contributed by atoms with Gasteiger partial charge in [0.1, 0.15) is 5.82 Å². The number of anilines is 3. The average Bonchev–Trinajstić information content (AvgIpc) is 3.02. The van der Waals surface area contributed by atoms with Crippen molar-refractivity contribution in [3.05, 3.63) is 71.7 Å². The lowest BCUT2D eigenvalue weighted by Gasteiger charge is -2.30. The highest BCUT2D eigenvalue weighted by atomic mass is 16.5. The number of hydrogen-bond acceptors (Lipinski definition) is 7. The van der Waals surface area contributed by atoms with E-state index in [1.54, 1.807) is 6.20 Å². The molecule has 0 radical (unpaired) electrons. The minimum Gasteiger partial charge on any atom is -0.393 e. The van der Waals surface area contributed by atoms with Crippen molar-refractivity contribution in [1.82, 2.24) is 9.97 Å². The molecule has 0 atom stereocenters. The second-order valence-electron chi connectivity index (χ2n) is 11.5. The molecule has 0 saturated carbocycles. The predicted octanol–water partition coefficient (Wildman–Crippen LogP) is 5.47. The minimum absolute atomic E-state index is 0.0806. The molecule has 2 aromatic heterocycles. The van der Waals surface area contributed by atoms with Crippen molar-refractivity contribution in [2.75, 3.05) is 54.5 Å². The predicted molar refractivity (Wildman–Crippen MR) is 168 cm³/mol. The number of nitrogens with zero attached hydrogens (tertiary/aromatic N) is 4. The van der Waals surface area contributed by atoms with Crippen LogP contribution < -0.4 is 15.1 Å². The fourth-order valence-corrected chi connectivity index (χ4v) is 6.33. The van der Waals surface area contributed by atoms with Crippen LogP contribution in [0.5, 0.6) is 0 Å². The van der Waals surface area contributed by atoms with Gasteiger partial charge in [0.05, 0.1) is 43.1 Å². The number of nitrogens with one attached hydrogen (secondary N) is 1. The zero-order valence-corrected chi connectivity index (χ0v) is 24.5. The molecule has 2 N–H and O–H groups in total. The Labute approximate surface area is 248 Å². The number of rotatable bonds is 6. The van der Waals surface area contributed by atoms with Gasteiger partial charge in [-0.25, -0.2) is 4.98 Å². The summed E-state index contributed by atoms with van der Waals surface area (Å²) >= 11 is 0. The first kappa shape index (κ1) is 28.4. The number of piperidine rings is 1. The molecule has 6 rings (SSSR count). The maximum Gasteiger partial charge on any atom is 0.256 e. The van der Waals surface area contributed by atoms with Gasteiger partial charge in [-0.05, 0) is 85.9 Å². The zero-order valence-electron chi connectivity index (χ0n) is 24.5. The van der Waals surface area contributed by atoms with Gasteiger partial charge >= 0.3 is 0 Å². The summed E-state index contributed by atoms with van der Waals surface area (Å²) in [5.41, 5.74) is 8.12. The molecule has 1 amide bonds. The molecule has 220 valence electrons. The molecule has 2 aliphatic heterocycles. The number of benzene rings is 1. The number of fused-ring (bicyclic) bond motifs is 1. The van der Waals surface area contributed by atoms with E-state index in [4.69, 9.17) is 4.74 Å². The highest BCUT2D eigenvalue weighted by molar-refractivity contribution is 6.26.